The number of benzene rings is 2. The lowest BCUT2D eigenvalue weighted by Gasteiger charge is -2.28. The van der Waals surface area contributed by atoms with Crippen molar-refractivity contribution < 1.29 is 14.6 Å². The van der Waals surface area contributed by atoms with E-state index in [0.29, 0.717) is 12.5 Å². The Morgan fingerprint density at radius 3 is 2.35 bits per heavy atom. The Morgan fingerprint density at radius 1 is 1.04 bits per heavy atom. The lowest BCUT2D eigenvalue weighted by Crippen LogP contribution is -2.39. The second-order valence-electron chi connectivity index (χ2n) is 7.38. The molecule has 0 saturated heterocycles. The van der Waals surface area contributed by atoms with Gasteiger partial charge in [-0.1, -0.05) is 55.0 Å². The summed E-state index contributed by atoms with van der Waals surface area (Å²) in [6.45, 7) is 0.541. The van der Waals surface area contributed by atoms with Crippen LogP contribution < -0.4 is 5.32 Å². The van der Waals surface area contributed by atoms with Crippen molar-refractivity contribution in [3.8, 4) is 11.1 Å². The van der Waals surface area contributed by atoms with Gasteiger partial charge in [0.1, 0.15) is 6.61 Å². The first-order chi connectivity index (χ1) is 12.8. The lowest BCUT2D eigenvalue weighted by molar-refractivity contribution is 0.127. The normalized spacial score (nSPS) is 21.7. The molecule has 2 aromatic rings. The zero-order valence-electron chi connectivity index (χ0n) is 14.9. The SMILES string of the molecule is O=C(N[C@H]1CCC[C@@H](CO)C1)OCC1c2ccccc2-c2ccccc21. The number of carbonyl (C=O) groups is 1. The minimum absolute atomic E-state index is 0.0877. The van der Waals surface area contributed by atoms with Crippen LogP contribution >= 0.6 is 0 Å². The smallest absolute Gasteiger partial charge is 0.407 e. The number of nitrogens with one attached hydrogen (secondary N) is 1. The van der Waals surface area contributed by atoms with Gasteiger partial charge in [0.2, 0.25) is 0 Å². The summed E-state index contributed by atoms with van der Waals surface area (Å²) in [5.41, 5.74) is 4.91. The average Bonchev–Trinajstić information content (AvgIpc) is 3.00. The summed E-state index contributed by atoms with van der Waals surface area (Å²) in [6.07, 6.45) is 3.52. The second-order valence-corrected chi connectivity index (χ2v) is 7.38. The van der Waals surface area contributed by atoms with Gasteiger partial charge in [0.25, 0.3) is 0 Å². The Kier molecular flexibility index (Phi) is 4.93. The van der Waals surface area contributed by atoms with Crippen LogP contribution in [-0.2, 0) is 4.74 Å². The Morgan fingerprint density at radius 2 is 1.69 bits per heavy atom. The maximum Gasteiger partial charge on any atom is 0.407 e. The van der Waals surface area contributed by atoms with E-state index >= 15 is 0 Å². The number of alkyl carbamates (subject to hydrolysis) is 1. The van der Waals surface area contributed by atoms with Gasteiger partial charge in [-0.25, -0.2) is 4.79 Å². The number of aliphatic hydroxyl groups is 1. The van der Waals surface area contributed by atoms with Crippen LogP contribution in [0.4, 0.5) is 4.79 Å². The molecule has 4 heteroatoms. The van der Waals surface area contributed by atoms with Gasteiger partial charge in [0.15, 0.2) is 0 Å². The lowest BCUT2D eigenvalue weighted by atomic mass is 9.86. The number of amides is 1. The molecule has 2 atom stereocenters. The fraction of sp³-hybridized carbons (Fsp3) is 0.409. The first-order valence-electron chi connectivity index (χ1n) is 9.48. The molecule has 2 aliphatic carbocycles. The number of ether oxygens (including phenoxy) is 1. The highest BCUT2D eigenvalue weighted by Gasteiger charge is 2.29. The molecule has 1 fully saturated rings. The third-order valence-electron chi connectivity index (χ3n) is 5.71. The predicted octanol–water partition coefficient (Wildman–Crippen LogP) is 4.08. The van der Waals surface area contributed by atoms with Crippen molar-refractivity contribution in [2.45, 2.75) is 37.6 Å². The van der Waals surface area contributed by atoms with Gasteiger partial charge >= 0.3 is 6.09 Å². The number of carbonyl (C=O) groups excluding carboxylic acids is 1. The molecule has 2 N–H and O–H groups in total. The summed E-state index contributed by atoms with van der Waals surface area (Å²) in [7, 11) is 0. The maximum absolute atomic E-state index is 12.3. The van der Waals surface area contributed by atoms with Crippen LogP contribution in [0.25, 0.3) is 11.1 Å². The van der Waals surface area contributed by atoms with Crippen LogP contribution in [-0.4, -0.2) is 30.5 Å². The van der Waals surface area contributed by atoms with Crippen LogP contribution in [0.2, 0.25) is 0 Å². The van der Waals surface area contributed by atoms with E-state index in [0.717, 1.165) is 25.7 Å². The highest BCUT2D eigenvalue weighted by Crippen LogP contribution is 2.44. The minimum atomic E-state index is -0.351. The van der Waals surface area contributed by atoms with Crippen LogP contribution in [0.1, 0.15) is 42.7 Å². The number of hydrogen-bond acceptors (Lipinski definition) is 3. The molecule has 0 heterocycles. The van der Waals surface area contributed by atoms with Crippen molar-refractivity contribution in [1.82, 2.24) is 5.32 Å². The van der Waals surface area contributed by atoms with Gasteiger partial charge in [0.05, 0.1) is 0 Å². The van der Waals surface area contributed by atoms with Gasteiger partial charge in [0, 0.05) is 18.6 Å². The van der Waals surface area contributed by atoms with E-state index in [-0.39, 0.29) is 24.7 Å². The quantitative estimate of drug-likeness (QED) is 0.873. The highest BCUT2D eigenvalue weighted by molar-refractivity contribution is 5.79. The van der Waals surface area contributed by atoms with Crippen molar-refractivity contribution in [3.05, 3.63) is 59.7 Å². The monoisotopic (exact) mass is 351 g/mol. The van der Waals surface area contributed by atoms with Crippen LogP contribution in [0, 0.1) is 5.92 Å². The average molecular weight is 351 g/mol. The summed E-state index contributed by atoms with van der Waals surface area (Å²) < 4.78 is 5.60. The number of hydrogen-bond donors (Lipinski definition) is 2. The summed E-state index contributed by atoms with van der Waals surface area (Å²) in [5.74, 6) is 0.382. The topological polar surface area (TPSA) is 58.6 Å². The molecule has 136 valence electrons. The second kappa shape index (κ2) is 7.50. The minimum Gasteiger partial charge on any atom is -0.449 e. The first kappa shape index (κ1) is 17.1. The van der Waals surface area contributed by atoms with E-state index in [1.807, 2.05) is 24.3 Å². The molecule has 0 unspecified atom stereocenters. The Labute approximate surface area is 154 Å². The zero-order valence-corrected chi connectivity index (χ0v) is 14.9. The van der Waals surface area contributed by atoms with Crippen molar-refractivity contribution in [3.63, 3.8) is 0 Å². The third kappa shape index (κ3) is 3.34. The molecule has 2 aliphatic rings. The van der Waals surface area contributed by atoms with Gasteiger partial charge in [-0.3, -0.25) is 0 Å². The molecular formula is C22H25NO3. The molecule has 26 heavy (non-hydrogen) atoms. The van der Waals surface area contributed by atoms with E-state index in [1.165, 1.54) is 22.3 Å². The maximum atomic E-state index is 12.3. The van der Waals surface area contributed by atoms with Crippen LogP contribution in [0.5, 0.6) is 0 Å². The Balaban J connectivity index is 1.41. The molecule has 0 aliphatic heterocycles. The summed E-state index contributed by atoms with van der Waals surface area (Å²) in [4.78, 5) is 12.3. The molecule has 2 aromatic carbocycles. The molecule has 0 radical (unpaired) electrons. The summed E-state index contributed by atoms with van der Waals surface area (Å²) in [6, 6.07) is 16.8. The number of aliphatic hydroxyl groups excluding tert-OH is 1. The number of rotatable bonds is 4. The van der Waals surface area contributed by atoms with Crippen molar-refractivity contribution >= 4 is 6.09 Å². The van der Waals surface area contributed by atoms with Crippen molar-refractivity contribution in [1.29, 1.82) is 0 Å². The van der Waals surface area contributed by atoms with E-state index < -0.39 is 0 Å². The number of fused-ring (bicyclic) bond motifs is 3. The first-order valence-corrected chi connectivity index (χ1v) is 9.48. The van der Waals surface area contributed by atoms with E-state index in [9.17, 15) is 9.90 Å². The van der Waals surface area contributed by atoms with Gasteiger partial charge in [-0.15, -0.1) is 0 Å². The summed E-state index contributed by atoms with van der Waals surface area (Å²) in [5, 5.41) is 12.3. The highest BCUT2D eigenvalue weighted by atomic mass is 16.5. The molecule has 1 saturated carbocycles. The Hall–Kier alpha value is -2.33. The van der Waals surface area contributed by atoms with Crippen molar-refractivity contribution in [2.24, 2.45) is 5.92 Å². The fourth-order valence-corrected chi connectivity index (χ4v) is 4.39. The molecule has 4 nitrogen and oxygen atoms in total. The molecule has 4 rings (SSSR count). The van der Waals surface area contributed by atoms with Gasteiger partial charge in [-0.05, 0) is 47.4 Å². The van der Waals surface area contributed by atoms with E-state index in [1.54, 1.807) is 0 Å². The van der Waals surface area contributed by atoms with E-state index in [4.69, 9.17) is 4.74 Å². The standard InChI is InChI=1S/C22H25NO3/c24-13-15-6-5-7-16(12-15)23-22(25)26-14-21-19-10-3-1-8-17(19)18-9-2-4-11-20(18)21/h1-4,8-11,15-16,21,24H,5-7,12-14H2,(H,23,25)/t15-,16+/m1/s1. The molecule has 0 aromatic heterocycles. The van der Waals surface area contributed by atoms with Crippen molar-refractivity contribution in [2.75, 3.05) is 13.2 Å². The van der Waals surface area contributed by atoms with Gasteiger partial charge in [-0.2, -0.15) is 0 Å². The third-order valence-corrected chi connectivity index (χ3v) is 5.71. The molecular weight excluding hydrogens is 326 g/mol. The molecule has 1 amide bonds. The van der Waals surface area contributed by atoms with E-state index in [2.05, 4.69) is 29.6 Å². The molecule has 0 bridgehead atoms. The van der Waals surface area contributed by atoms with Gasteiger partial charge < -0.3 is 15.2 Å². The summed E-state index contributed by atoms with van der Waals surface area (Å²) >= 11 is 0. The van der Waals surface area contributed by atoms with Crippen LogP contribution in [0.15, 0.2) is 48.5 Å². The molecule has 0 spiro atoms. The fourth-order valence-electron chi connectivity index (χ4n) is 4.39. The Bertz CT molecular complexity index is 743. The van der Waals surface area contributed by atoms with Crippen LogP contribution in [0.3, 0.4) is 0 Å². The zero-order chi connectivity index (χ0) is 17.9. The largest absolute Gasteiger partial charge is 0.449 e. The predicted molar refractivity (Wildman–Crippen MR) is 101 cm³/mol.